The van der Waals surface area contributed by atoms with E-state index in [1.165, 1.54) is 18.5 Å². The lowest BCUT2D eigenvalue weighted by atomic mass is 10.1. The molecule has 0 aliphatic carbocycles. The van der Waals surface area contributed by atoms with Crippen molar-refractivity contribution in [2.24, 2.45) is 0 Å². The minimum atomic E-state index is -1.24. The maximum atomic E-state index is 14.0. The zero-order valence-electron chi connectivity index (χ0n) is 15.7. The normalized spacial score (nSPS) is 12.1. The third kappa shape index (κ3) is 3.42. The molecule has 0 saturated carbocycles. The Morgan fingerprint density at radius 2 is 1.86 bits per heavy atom. The molecule has 2 aromatic heterocycles. The number of carbonyl (C=O) groups excluding carboxylic acids is 1. The van der Waals surface area contributed by atoms with Crippen molar-refractivity contribution in [2.45, 2.75) is 4.90 Å². The lowest BCUT2D eigenvalue weighted by molar-refractivity contribution is 0.0963. The summed E-state index contributed by atoms with van der Waals surface area (Å²) in [6.07, 6.45) is 6.37. The molecule has 2 heterocycles. The van der Waals surface area contributed by atoms with E-state index in [4.69, 9.17) is 0 Å². The summed E-state index contributed by atoms with van der Waals surface area (Å²) in [6, 6.07) is 11.6. The van der Waals surface area contributed by atoms with Gasteiger partial charge in [-0.15, -0.1) is 0 Å². The van der Waals surface area contributed by atoms with E-state index in [0.29, 0.717) is 33.1 Å². The van der Waals surface area contributed by atoms with Crippen LogP contribution in [0.2, 0.25) is 0 Å². The van der Waals surface area contributed by atoms with Gasteiger partial charge in [-0.2, -0.15) is 0 Å². The van der Waals surface area contributed by atoms with Gasteiger partial charge in [0.05, 0.1) is 21.2 Å². The van der Waals surface area contributed by atoms with Crippen LogP contribution in [0.25, 0.3) is 28.0 Å². The van der Waals surface area contributed by atoms with Crippen LogP contribution in [0, 0.1) is 5.82 Å². The Kier molecular flexibility index (Phi) is 4.94. The number of fused-ring (bicyclic) bond motifs is 1. The van der Waals surface area contributed by atoms with Crippen molar-refractivity contribution in [2.75, 3.05) is 13.3 Å². The molecule has 0 spiro atoms. The quantitative estimate of drug-likeness (QED) is 0.562. The topological polar surface area (TPSA) is 76.9 Å². The zero-order valence-corrected chi connectivity index (χ0v) is 16.5. The van der Waals surface area contributed by atoms with E-state index in [2.05, 4.69) is 15.3 Å². The summed E-state index contributed by atoms with van der Waals surface area (Å²) in [5, 5.41) is 3.34. The first-order chi connectivity index (χ1) is 14.0. The fourth-order valence-electron chi connectivity index (χ4n) is 3.16. The molecule has 0 aliphatic rings. The summed E-state index contributed by atoms with van der Waals surface area (Å²) in [6.45, 7) is 0. The molecular weight excluding hydrogens is 391 g/mol. The molecule has 6 nitrogen and oxygen atoms in total. The average molecular weight is 408 g/mol. The van der Waals surface area contributed by atoms with E-state index in [0.717, 1.165) is 5.39 Å². The molecule has 0 saturated heterocycles. The first-order valence-electron chi connectivity index (χ1n) is 8.77. The Labute approximate surface area is 168 Å². The largest absolute Gasteiger partial charge is 0.355 e. The summed E-state index contributed by atoms with van der Waals surface area (Å²) in [4.78, 5) is 21.4. The summed E-state index contributed by atoms with van der Waals surface area (Å²) in [7, 11) is 0.319. The molecule has 1 unspecified atom stereocenters. The van der Waals surface area contributed by atoms with Gasteiger partial charge in [0.2, 0.25) is 5.95 Å². The van der Waals surface area contributed by atoms with Gasteiger partial charge in [-0.25, -0.2) is 14.4 Å². The van der Waals surface area contributed by atoms with Crippen molar-refractivity contribution in [1.82, 2.24) is 19.9 Å². The van der Waals surface area contributed by atoms with Crippen molar-refractivity contribution >= 4 is 27.6 Å². The molecule has 29 heavy (non-hydrogen) atoms. The summed E-state index contributed by atoms with van der Waals surface area (Å²) in [5.41, 5.74) is 2.09. The van der Waals surface area contributed by atoms with E-state index >= 15 is 0 Å². The molecule has 0 fully saturated rings. The Balaban J connectivity index is 1.85. The SMILES string of the molecule is CNC(=O)c1ccc2c(S(C)=O)cn(-c3ncc(-c4ccccc4F)cn3)c2c1. The van der Waals surface area contributed by atoms with Crippen molar-refractivity contribution < 1.29 is 13.4 Å². The predicted octanol–water partition coefficient (Wildman–Crippen LogP) is 3.32. The van der Waals surface area contributed by atoms with E-state index in [-0.39, 0.29) is 11.7 Å². The molecule has 146 valence electrons. The van der Waals surface area contributed by atoms with Gasteiger partial charge in [0.25, 0.3) is 5.91 Å². The van der Waals surface area contributed by atoms with Gasteiger partial charge in [-0.3, -0.25) is 13.6 Å². The number of amides is 1. The molecule has 4 aromatic rings. The zero-order chi connectivity index (χ0) is 20.5. The number of benzene rings is 2. The van der Waals surface area contributed by atoms with Gasteiger partial charge >= 0.3 is 0 Å². The maximum Gasteiger partial charge on any atom is 0.251 e. The molecule has 0 radical (unpaired) electrons. The van der Waals surface area contributed by atoms with E-state index < -0.39 is 10.8 Å². The highest BCUT2D eigenvalue weighted by molar-refractivity contribution is 7.84. The lowest BCUT2D eigenvalue weighted by Gasteiger charge is -2.07. The predicted molar refractivity (Wildman–Crippen MR) is 110 cm³/mol. The van der Waals surface area contributed by atoms with Crippen LogP contribution in [-0.2, 0) is 10.8 Å². The third-order valence-electron chi connectivity index (χ3n) is 4.61. The van der Waals surface area contributed by atoms with Crippen LogP contribution in [0.4, 0.5) is 4.39 Å². The minimum Gasteiger partial charge on any atom is -0.355 e. The second kappa shape index (κ2) is 7.56. The molecule has 0 bridgehead atoms. The van der Waals surface area contributed by atoms with Gasteiger partial charge in [0.1, 0.15) is 5.82 Å². The first-order valence-corrected chi connectivity index (χ1v) is 10.3. The van der Waals surface area contributed by atoms with Crippen molar-refractivity contribution in [1.29, 1.82) is 0 Å². The van der Waals surface area contributed by atoms with Crippen molar-refractivity contribution in [3.8, 4) is 17.1 Å². The highest BCUT2D eigenvalue weighted by Gasteiger charge is 2.16. The monoisotopic (exact) mass is 408 g/mol. The van der Waals surface area contributed by atoms with Crippen LogP contribution in [0.5, 0.6) is 0 Å². The Bertz CT molecular complexity index is 1250. The second-order valence-electron chi connectivity index (χ2n) is 6.38. The fraction of sp³-hybridized carbons (Fsp3) is 0.0952. The Morgan fingerprint density at radius 1 is 1.14 bits per heavy atom. The standard InChI is InChI=1S/C21H17FN4O2S/c1-23-20(27)13-7-8-16-18(9-13)26(12-19(16)29(2)28)21-24-10-14(11-25-21)15-5-3-4-6-17(15)22/h3-12H,1-2H3,(H,23,27). The van der Waals surface area contributed by atoms with Gasteiger partial charge in [0.15, 0.2) is 0 Å². The lowest BCUT2D eigenvalue weighted by Crippen LogP contribution is -2.17. The maximum absolute atomic E-state index is 14.0. The van der Waals surface area contributed by atoms with E-state index in [9.17, 15) is 13.4 Å². The van der Waals surface area contributed by atoms with Gasteiger partial charge < -0.3 is 5.32 Å². The highest BCUT2D eigenvalue weighted by atomic mass is 32.2. The minimum absolute atomic E-state index is 0.227. The number of rotatable bonds is 4. The van der Waals surface area contributed by atoms with Crippen LogP contribution < -0.4 is 5.32 Å². The molecule has 1 N–H and O–H groups in total. The molecular formula is C21H17FN4O2S. The first kappa shape index (κ1) is 18.9. The van der Waals surface area contributed by atoms with Gasteiger partial charge in [-0.1, -0.05) is 24.3 Å². The van der Waals surface area contributed by atoms with Crippen LogP contribution in [-0.4, -0.2) is 38.0 Å². The molecule has 0 aliphatic heterocycles. The summed E-state index contributed by atoms with van der Waals surface area (Å²) in [5.74, 6) is -0.246. The summed E-state index contributed by atoms with van der Waals surface area (Å²) < 4.78 is 27.9. The number of hydrogen-bond acceptors (Lipinski definition) is 4. The van der Waals surface area contributed by atoms with Crippen LogP contribution in [0.3, 0.4) is 0 Å². The number of nitrogens with zero attached hydrogens (tertiary/aromatic N) is 3. The molecule has 1 amide bonds. The number of nitrogens with one attached hydrogen (secondary N) is 1. The van der Waals surface area contributed by atoms with Crippen LogP contribution in [0.1, 0.15) is 10.4 Å². The van der Waals surface area contributed by atoms with Crippen LogP contribution >= 0.6 is 0 Å². The highest BCUT2D eigenvalue weighted by Crippen LogP contribution is 2.28. The Hall–Kier alpha value is -3.39. The average Bonchev–Trinajstić information content (AvgIpc) is 3.13. The number of hydrogen-bond donors (Lipinski definition) is 1. The van der Waals surface area contributed by atoms with E-state index in [1.807, 2.05) is 0 Å². The van der Waals surface area contributed by atoms with Crippen molar-refractivity contribution in [3.05, 3.63) is 72.4 Å². The molecule has 4 rings (SSSR count). The molecule has 2 aromatic carbocycles. The third-order valence-corrected chi connectivity index (χ3v) is 5.55. The number of halogens is 1. The molecule has 8 heteroatoms. The molecule has 1 atom stereocenters. The Morgan fingerprint density at radius 3 is 2.52 bits per heavy atom. The number of carbonyl (C=O) groups is 1. The number of aromatic nitrogens is 3. The smallest absolute Gasteiger partial charge is 0.251 e. The fourth-order valence-corrected chi connectivity index (χ4v) is 3.89. The van der Waals surface area contributed by atoms with Crippen LogP contribution in [0.15, 0.2) is 66.0 Å². The van der Waals surface area contributed by atoms with Crippen molar-refractivity contribution in [3.63, 3.8) is 0 Å². The van der Waals surface area contributed by atoms with E-state index in [1.54, 1.807) is 60.5 Å². The summed E-state index contributed by atoms with van der Waals surface area (Å²) >= 11 is 0. The second-order valence-corrected chi connectivity index (χ2v) is 7.73. The van der Waals surface area contributed by atoms with Gasteiger partial charge in [-0.05, 0) is 18.2 Å². The van der Waals surface area contributed by atoms with Gasteiger partial charge in [0, 0.05) is 54.0 Å².